The van der Waals surface area contributed by atoms with E-state index in [9.17, 15) is 19.8 Å². The Labute approximate surface area is 469 Å². The van der Waals surface area contributed by atoms with Crippen LogP contribution in [0.25, 0.3) is 0 Å². The first-order valence-corrected chi connectivity index (χ1v) is 34.1. The summed E-state index contributed by atoms with van der Waals surface area (Å²) in [6.45, 7) is 4.94. The van der Waals surface area contributed by atoms with Gasteiger partial charge in [0.15, 0.2) is 0 Å². The molecule has 1 amide bonds. The van der Waals surface area contributed by atoms with Gasteiger partial charge in [0.25, 0.3) is 0 Å². The van der Waals surface area contributed by atoms with Gasteiger partial charge in [0.1, 0.15) is 0 Å². The predicted octanol–water partition coefficient (Wildman–Crippen LogP) is 21.8. The SMILES string of the molecule is CCCCC/C=C\C/C=C\CCCCCCCCCCCC(=O)OCCCCCCCCCCCCCCCCCCCCCCCCCCCCCCCC(=O)NC(CO)C(O)CCCCCCCCCCCC. The number of aliphatic hydroxyl groups excluding tert-OH is 2. The highest BCUT2D eigenvalue weighted by molar-refractivity contribution is 5.76. The van der Waals surface area contributed by atoms with Crippen molar-refractivity contribution in [3.8, 4) is 0 Å². The van der Waals surface area contributed by atoms with Crippen LogP contribution in [-0.2, 0) is 14.3 Å². The van der Waals surface area contributed by atoms with Crippen molar-refractivity contribution in [1.29, 1.82) is 0 Å². The highest BCUT2D eigenvalue weighted by atomic mass is 16.5. The van der Waals surface area contributed by atoms with Gasteiger partial charge in [-0.3, -0.25) is 9.59 Å². The Hall–Kier alpha value is -1.66. The van der Waals surface area contributed by atoms with Gasteiger partial charge in [-0.25, -0.2) is 0 Å². The molecule has 0 spiro atoms. The lowest BCUT2D eigenvalue weighted by Crippen LogP contribution is -2.45. The number of carbonyl (C=O) groups excluding carboxylic acids is 2. The molecule has 0 bridgehead atoms. The van der Waals surface area contributed by atoms with Crippen molar-refractivity contribution in [1.82, 2.24) is 5.32 Å². The molecule has 0 saturated carbocycles. The van der Waals surface area contributed by atoms with Crippen LogP contribution in [-0.4, -0.2) is 47.4 Å². The summed E-state index contributed by atoms with van der Waals surface area (Å²) >= 11 is 0. The van der Waals surface area contributed by atoms with Gasteiger partial charge < -0.3 is 20.3 Å². The monoisotopic (exact) mass is 1060 g/mol. The molecule has 0 aromatic carbocycles. The van der Waals surface area contributed by atoms with E-state index in [0.717, 1.165) is 51.4 Å². The van der Waals surface area contributed by atoms with E-state index in [-0.39, 0.29) is 18.5 Å². The van der Waals surface area contributed by atoms with Crippen molar-refractivity contribution in [2.24, 2.45) is 0 Å². The minimum atomic E-state index is -0.659. The van der Waals surface area contributed by atoms with Crippen LogP contribution >= 0.6 is 0 Å². The van der Waals surface area contributed by atoms with Crippen LogP contribution in [0.2, 0.25) is 0 Å². The lowest BCUT2D eigenvalue weighted by atomic mass is 10.0. The molecule has 0 aromatic heterocycles. The number of unbranched alkanes of at least 4 members (excludes halogenated alkanes) is 49. The predicted molar refractivity (Wildman–Crippen MR) is 329 cm³/mol. The van der Waals surface area contributed by atoms with Gasteiger partial charge in [0, 0.05) is 12.8 Å². The molecule has 0 aliphatic heterocycles. The van der Waals surface area contributed by atoms with Gasteiger partial charge in [0.05, 0.1) is 25.4 Å². The lowest BCUT2D eigenvalue weighted by molar-refractivity contribution is -0.143. The van der Waals surface area contributed by atoms with E-state index in [0.29, 0.717) is 25.9 Å². The molecule has 0 aromatic rings. The second-order valence-electron chi connectivity index (χ2n) is 23.5. The summed E-state index contributed by atoms with van der Waals surface area (Å²) in [7, 11) is 0. The summed E-state index contributed by atoms with van der Waals surface area (Å²) in [6.07, 6.45) is 80.9. The van der Waals surface area contributed by atoms with E-state index >= 15 is 0 Å². The average Bonchev–Trinajstić information content (AvgIpc) is 3.41. The topological polar surface area (TPSA) is 95.9 Å². The smallest absolute Gasteiger partial charge is 0.305 e. The number of allylic oxidation sites excluding steroid dienone is 4. The Morgan fingerprint density at radius 3 is 1.04 bits per heavy atom. The number of rotatable bonds is 64. The van der Waals surface area contributed by atoms with Crippen LogP contribution in [0.15, 0.2) is 24.3 Å². The summed E-state index contributed by atoms with van der Waals surface area (Å²) < 4.78 is 5.51. The molecule has 75 heavy (non-hydrogen) atoms. The third kappa shape index (κ3) is 61.4. The molecule has 6 nitrogen and oxygen atoms in total. The van der Waals surface area contributed by atoms with Crippen LogP contribution in [0, 0.1) is 0 Å². The van der Waals surface area contributed by atoms with Gasteiger partial charge >= 0.3 is 5.97 Å². The average molecular weight is 1060 g/mol. The molecule has 0 fully saturated rings. The second-order valence-corrected chi connectivity index (χ2v) is 23.5. The number of carbonyl (C=O) groups is 2. The Balaban J connectivity index is 3.30. The van der Waals surface area contributed by atoms with E-state index in [2.05, 4.69) is 43.5 Å². The highest BCUT2D eigenvalue weighted by Crippen LogP contribution is 2.19. The highest BCUT2D eigenvalue weighted by Gasteiger charge is 2.20. The molecule has 0 aliphatic rings. The van der Waals surface area contributed by atoms with E-state index in [1.54, 1.807) is 0 Å². The Bertz CT molecular complexity index is 1170. The number of esters is 1. The Kier molecular flexibility index (Phi) is 63.4. The van der Waals surface area contributed by atoms with E-state index < -0.39 is 12.1 Å². The molecule has 444 valence electrons. The first kappa shape index (κ1) is 73.3. The molecule has 2 unspecified atom stereocenters. The molecule has 0 saturated heterocycles. The van der Waals surface area contributed by atoms with Gasteiger partial charge in [-0.2, -0.15) is 0 Å². The molecule has 0 heterocycles. The molecule has 2 atom stereocenters. The summed E-state index contributed by atoms with van der Waals surface area (Å²) in [5.41, 5.74) is 0. The van der Waals surface area contributed by atoms with Crippen LogP contribution in [0.4, 0.5) is 0 Å². The first-order valence-electron chi connectivity index (χ1n) is 34.1. The minimum absolute atomic E-state index is 0.0162. The number of amides is 1. The van der Waals surface area contributed by atoms with Crippen LogP contribution in [0.1, 0.15) is 380 Å². The van der Waals surface area contributed by atoms with Gasteiger partial charge in [-0.1, -0.05) is 334 Å². The number of hydrogen-bond acceptors (Lipinski definition) is 5. The van der Waals surface area contributed by atoms with Gasteiger partial charge in [-0.15, -0.1) is 0 Å². The van der Waals surface area contributed by atoms with Crippen LogP contribution < -0.4 is 5.32 Å². The molecule has 6 heteroatoms. The molecule has 0 aliphatic carbocycles. The van der Waals surface area contributed by atoms with Crippen LogP contribution in [0.3, 0.4) is 0 Å². The second kappa shape index (κ2) is 64.9. The Morgan fingerprint density at radius 2 is 0.667 bits per heavy atom. The maximum atomic E-state index is 12.4. The van der Waals surface area contributed by atoms with Crippen molar-refractivity contribution in [2.75, 3.05) is 13.2 Å². The number of ether oxygens (including phenoxy) is 1. The fourth-order valence-corrected chi connectivity index (χ4v) is 10.8. The van der Waals surface area contributed by atoms with E-state index in [1.165, 1.54) is 295 Å². The fourth-order valence-electron chi connectivity index (χ4n) is 10.8. The maximum Gasteiger partial charge on any atom is 0.305 e. The molecule has 0 radical (unpaired) electrons. The van der Waals surface area contributed by atoms with Crippen molar-refractivity contribution in [3.63, 3.8) is 0 Å². The maximum absolute atomic E-state index is 12.4. The zero-order chi connectivity index (χ0) is 54.3. The van der Waals surface area contributed by atoms with Gasteiger partial charge in [0.2, 0.25) is 5.91 Å². The largest absolute Gasteiger partial charge is 0.466 e. The standard InChI is InChI=1S/C69H133NO5/c1-3-5-7-9-11-13-15-16-17-18-30-34-37-40-43-47-51-55-59-63-69(74)75-64-60-56-52-48-44-41-38-35-32-29-27-25-23-21-19-20-22-24-26-28-31-33-36-39-42-46-50-54-58-62-68(73)70-66(65-71)67(72)61-57-53-49-45-14-12-10-8-6-4-2/h11,13,16-17,66-67,71-72H,3-10,12,14-15,18-65H2,1-2H3,(H,70,73)/b13-11-,17-16-. The molecule has 0 rings (SSSR count). The summed E-state index contributed by atoms with van der Waals surface area (Å²) in [4.78, 5) is 24.6. The van der Waals surface area contributed by atoms with Gasteiger partial charge in [-0.05, 0) is 57.8 Å². The zero-order valence-electron chi connectivity index (χ0n) is 50.8. The molecule has 3 N–H and O–H groups in total. The summed E-state index contributed by atoms with van der Waals surface area (Å²) in [5, 5.41) is 23.2. The summed E-state index contributed by atoms with van der Waals surface area (Å²) in [6, 6.07) is -0.536. The summed E-state index contributed by atoms with van der Waals surface area (Å²) in [5.74, 6) is -0.0153. The van der Waals surface area contributed by atoms with Crippen LogP contribution in [0.5, 0.6) is 0 Å². The number of hydrogen-bond donors (Lipinski definition) is 3. The normalized spacial score (nSPS) is 12.6. The Morgan fingerprint density at radius 1 is 0.373 bits per heavy atom. The van der Waals surface area contributed by atoms with Crippen molar-refractivity contribution >= 4 is 11.9 Å². The first-order chi connectivity index (χ1) is 37.0. The van der Waals surface area contributed by atoms with Crippen molar-refractivity contribution in [3.05, 3.63) is 24.3 Å². The third-order valence-corrected chi connectivity index (χ3v) is 16.0. The van der Waals surface area contributed by atoms with Crippen molar-refractivity contribution in [2.45, 2.75) is 392 Å². The third-order valence-electron chi connectivity index (χ3n) is 16.0. The minimum Gasteiger partial charge on any atom is -0.466 e. The van der Waals surface area contributed by atoms with E-state index in [4.69, 9.17) is 4.74 Å². The van der Waals surface area contributed by atoms with Crippen molar-refractivity contribution < 1.29 is 24.5 Å². The molecular weight excluding hydrogens is 923 g/mol. The lowest BCUT2D eigenvalue weighted by Gasteiger charge is -2.22. The quantitative estimate of drug-likeness (QED) is 0.0320. The molecular formula is C69H133NO5. The number of nitrogens with one attached hydrogen (secondary N) is 1. The number of aliphatic hydroxyl groups is 2. The zero-order valence-corrected chi connectivity index (χ0v) is 50.8. The van der Waals surface area contributed by atoms with E-state index in [1.807, 2.05) is 0 Å². The fraction of sp³-hybridized carbons (Fsp3) is 0.913.